The van der Waals surface area contributed by atoms with Crippen LogP contribution in [0.1, 0.15) is 22.7 Å². The second-order valence-electron chi connectivity index (χ2n) is 7.15. The first kappa shape index (κ1) is 18.8. The molecule has 10 heteroatoms. The van der Waals surface area contributed by atoms with Gasteiger partial charge in [0.2, 0.25) is 5.95 Å². The fraction of sp³-hybridized carbons (Fsp3) is 0.190. The highest BCUT2D eigenvalue weighted by atomic mass is 16.5. The van der Waals surface area contributed by atoms with Crippen LogP contribution in [0.3, 0.4) is 0 Å². The molecular weight excluding hydrogens is 398 g/mol. The van der Waals surface area contributed by atoms with Crippen molar-refractivity contribution in [2.24, 2.45) is 0 Å². The molecule has 156 valence electrons. The summed E-state index contributed by atoms with van der Waals surface area (Å²) in [5, 5.41) is 22.0. The predicted octanol–water partition coefficient (Wildman–Crippen LogP) is 2.44. The maximum Gasteiger partial charge on any atom is 0.288 e. The van der Waals surface area contributed by atoms with E-state index in [0.717, 1.165) is 16.7 Å². The zero-order valence-corrected chi connectivity index (χ0v) is 17.1. The van der Waals surface area contributed by atoms with Gasteiger partial charge in [-0.3, -0.25) is 4.79 Å². The molecule has 0 aliphatic carbocycles. The molecule has 31 heavy (non-hydrogen) atoms. The normalized spacial score (nSPS) is 14.4. The molecule has 1 unspecified atom stereocenters. The Balaban J connectivity index is 1.78. The van der Waals surface area contributed by atoms with E-state index in [9.17, 15) is 4.79 Å². The average molecular weight is 417 g/mol. The fourth-order valence-corrected chi connectivity index (χ4v) is 3.80. The van der Waals surface area contributed by atoms with Crippen LogP contribution in [0.15, 0.2) is 47.3 Å². The maximum absolute atomic E-state index is 12.7. The van der Waals surface area contributed by atoms with Crippen molar-refractivity contribution < 1.29 is 9.47 Å². The molecule has 0 saturated carbocycles. The van der Waals surface area contributed by atoms with E-state index in [1.54, 1.807) is 25.0 Å². The molecule has 10 nitrogen and oxygen atoms in total. The van der Waals surface area contributed by atoms with Crippen LogP contribution >= 0.6 is 0 Å². The zero-order chi connectivity index (χ0) is 21.5. The molecule has 4 aromatic rings. The lowest BCUT2D eigenvalue weighted by Crippen LogP contribution is -2.29. The Morgan fingerprint density at radius 2 is 1.81 bits per heavy atom. The van der Waals surface area contributed by atoms with Crippen molar-refractivity contribution in [2.45, 2.75) is 13.0 Å². The second-order valence-corrected chi connectivity index (χ2v) is 7.15. The smallest absolute Gasteiger partial charge is 0.288 e. The fourth-order valence-electron chi connectivity index (χ4n) is 3.80. The monoisotopic (exact) mass is 417 g/mol. The molecule has 0 radical (unpaired) electrons. The summed E-state index contributed by atoms with van der Waals surface area (Å²) in [4.78, 5) is 12.7. The van der Waals surface area contributed by atoms with E-state index in [1.807, 2.05) is 43.3 Å². The molecule has 5 rings (SSSR count). The third-order valence-corrected chi connectivity index (χ3v) is 5.32. The number of aryl methyl sites for hydroxylation is 1. The summed E-state index contributed by atoms with van der Waals surface area (Å²) < 4.78 is 12.5. The first-order valence-corrected chi connectivity index (χ1v) is 9.57. The molecule has 0 saturated heterocycles. The van der Waals surface area contributed by atoms with Crippen LogP contribution in [0, 0.1) is 6.92 Å². The number of nitrogens with one attached hydrogen (secondary N) is 2. The molecule has 0 bridgehead atoms. The van der Waals surface area contributed by atoms with E-state index in [1.165, 1.54) is 0 Å². The predicted molar refractivity (Wildman–Crippen MR) is 113 cm³/mol. The molecular formula is C21H19N7O3. The maximum atomic E-state index is 12.7. The van der Waals surface area contributed by atoms with Crippen molar-refractivity contribution in [3.63, 3.8) is 0 Å². The van der Waals surface area contributed by atoms with Crippen molar-refractivity contribution in [1.29, 1.82) is 0 Å². The van der Waals surface area contributed by atoms with Gasteiger partial charge >= 0.3 is 0 Å². The second kappa shape index (κ2) is 7.24. The van der Waals surface area contributed by atoms with E-state index < -0.39 is 6.04 Å². The number of tetrazole rings is 1. The van der Waals surface area contributed by atoms with Gasteiger partial charge in [-0.2, -0.15) is 9.78 Å². The van der Waals surface area contributed by atoms with Crippen molar-refractivity contribution in [3.8, 4) is 22.8 Å². The van der Waals surface area contributed by atoms with Crippen LogP contribution in [0.5, 0.6) is 11.5 Å². The lowest BCUT2D eigenvalue weighted by atomic mass is 9.92. The van der Waals surface area contributed by atoms with Gasteiger partial charge in [0.15, 0.2) is 11.5 Å². The van der Waals surface area contributed by atoms with E-state index >= 15 is 0 Å². The number of hydrogen-bond acceptors (Lipinski definition) is 8. The summed E-state index contributed by atoms with van der Waals surface area (Å²) in [6.07, 6.45) is 0. The SMILES string of the molecule is COc1ccc(-c2n[nH]c(=O)c3c2C(c2ccc(C)cc2)n2nnnc2N3)cc1OC. The molecule has 2 N–H and O–H groups in total. The number of hydrogen-bond donors (Lipinski definition) is 2. The van der Waals surface area contributed by atoms with Crippen LogP contribution in [0.2, 0.25) is 0 Å². The number of fused-ring (bicyclic) bond motifs is 2. The minimum absolute atomic E-state index is 0.354. The van der Waals surface area contributed by atoms with Crippen LogP contribution in [-0.2, 0) is 0 Å². The van der Waals surface area contributed by atoms with E-state index in [0.29, 0.717) is 34.4 Å². The van der Waals surface area contributed by atoms with Gasteiger partial charge in [0.1, 0.15) is 11.7 Å². The third kappa shape index (κ3) is 3.00. The van der Waals surface area contributed by atoms with Gasteiger partial charge < -0.3 is 14.8 Å². The molecule has 3 heterocycles. The Kier molecular flexibility index (Phi) is 4.39. The topological polar surface area (TPSA) is 120 Å². The number of nitrogens with zero attached hydrogens (tertiary/aromatic N) is 5. The zero-order valence-electron chi connectivity index (χ0n) is 17.1. The minimum atomic E-state index is -0.445. The van der Waals surface area contributed by atoms with Crippen LogP contribution in [0.25, 0.3) is 11.3 Å². The molecule has 2 aromatic heterocycles. The van der Waals surface area contributed by atoms with E-state index in [-0.39, 0.29) is 5.56 Å². The number of methoxy groups -OCH3 is 2. The van der Waals surface area contributed by atoms with Gasteiger partial charge in [-0.25, -0.2) is 5.10 Å². The van der Waals surface area contributed by atoms with E-state index in [2.05, 4.69) is 31.0 Å². The third-order valence-electron chi connectivity index (χ3n) is 5.32. The van der Waals surface area contributed by atoms with Gasteiger partial charge in [0, 0.05) is 11.1 Å². The summed E-state index contributed by atoms with van der Waals surface area (Å²) in [5.41, 5.74) is 4.04. The number of aromatic nitrogens is 6. The number of ether oxygens (including phenoxy) is 2. The van der Waals surface area contributed by atoms with E-state index in [4.69, 9.17) is 9.47 Å². The summed E-state index contributed by atoms with van der Waals surface area (Å²) in [6, 6.07) is 13.1. The Morgan fingerprint density at radius 3 is 2.55 bits per heavy atom. The summed E-state index contributed by atoms with van der Waals surface area (Å²) >= 11 is 0. The van der Waals surface area contributed by atoms with Crippen LogP contribution in [0.4, 0.5) is 11.6 Å². The van der Waals surface area contributed by atoms with Crippen molar-refractivity contribution in [1.82, 2.24) is 30.4 Å². The van der Waals surface area contributed by atoms with Crippen LogP contribution in [-0.4, -0.2) is 44.6 Å². The summed E-state index contributed by atoms with van der Waals surface area (Å²) in [6.45, 7) is 2.02. The van der Waals surface area contributed by atoms with Gasteiger partial charge in [-0.1, -0.05) is 34.9 Å². The Hall–Kier alpha value is -4.21. The standard InChI is InChI=1S/C21H19N7O3/c1-11-4-6-12(7-5-11)19-16-17(13-8-9-14(30-2)15(10-13)31-3)23-24-20(29)18(16)22-21-25-26-27-28(19)21/h4-10,19H,1-3H3,(H,24,29)(H,22,25,27). The molecule has 0 fully saturated rings. The quantitative estimate of drug-likeness (QED) is 0.458. The lowest BCUT2D eigenvalue weighted by Gasteiger charge is -2.28. The Bertz CT molecular complexity index is 1330. The van der Waals surface area contributed by atoms with Crippen molar-refractivity contribution in [3.05, 3.63) is 69.5 Å². The molecule has 1 aliphatic rings. The van der Waals surface area contributed by atoms with Gasteiger partial charge in [0.05, 0.1) is 19.9 Å². The lowest BCUT2D eigenvalue weighted by molar-refractivity contribution is 0.355. The van der Waals surface area contributed by atoms with Crippen molar-refractivity contribution >= 4 is 11.6 Å². The highest BCUT2D eigenvalue weighted by Crippen LogP contribution is 2.42. The Labute approximate surface area is 176 Å². The molecule has 1 aliphatic heterocycles. The molecule has 1 atom stereocenters. The van der Waals surface area contributed by atoms with Gasteiger partial charge in [-0.15, -0.1) is 0 Å². The largest absolute Gasteiger partial charge is 0.493 e. The Morgan fingerprint density at radius 1 is 1.03 bits per heavy atom. The highest BCUT2D eigenvalue weighted by molar-refractivity contribution is 5.76. The van der Waals surface area contributed by atoms with Crippen LogP contribution < -0.4 is 20.3 Å². The van der Waals surface area contributed by atoms with Gasteiger partial charge in [0.25, 0.3) is 5.56 Å². The summed E-state index contributed by atoms with van der Waals surface area (Å²) in [5.74, 6) is 1.54. The first-order valence-electron chi connectivity index (χ1n) is 9.57. The number of H-pyrrole nitrogens is 1. The first-order chi connectivity index (χ1) is 15.1. The van der Waals surface area contributed by atoms with Gasteiger partial charge in [-0.05, 0) is 41.1 Å². The van der Waals surface area contributed by atoms with Crippen molar-refractivity contribution in [2.75, 3.05) is 19.5 Å². The number of aromatic amines is 1. The summed E-state index contributed by atoms with van der Waals surface area (Å²) in [7, 11) is 3.15. The minimum Gasteiger partial charge on any atom is -0.493 e. The highest BCUT2D eigenvalue weighted by Gasteiger charge is 2.34. The number of anilines is 2. The number of rotatable bonds is 4. The molecule has 0 amide bonds. The number of benzene rings is 2. The molecule has 0 spiro atoms. The molecule has 2 aromatic carbocycles. The average Bonchev–Trinajstić information content (AvgIpc) is 3.27.